The molecule has 0 N–H and O–H groups in total. The standard InChI is InChI=1S/C29H34N4O3/c1-3-31(4-2)29(34)25-15-13-24(14-16-25)28(26-11-8-12-27(21-26)33(35)36)32-19-17-30(18-20-32)22-23-9-6-5-7-10-23/h5-16,21,28H,3-4,17-20,22H2,1-2H3. The average Bonchev–Trinajstić information content (AvgIpc) is 2.91. The van der Waals surface area contributed by atoms with E-state index in [9.17, 15) is 14.9 Å². The Morgan fingerprint density at radius 1 is 0.889 bits per heavy atom. The van der Waals surface area contributed by atoms with E-state index < -0.39 is 0 Å². The Balaban J connectivity index is 1.58. The summed E-state index contributed by atoms with van der Waals surface area (Å²) in [6, 6.07) is 25.0. The molecular formula is C29H34N4O3. The first-order valence-electron chi connectivity index (χ1n) is 12.6. The van der Waals surface area contributed by atoms with Gasteiger partial charge in [-0.3, -0.25) is 24.7 Å². The number of nitro benzene ring substituents is 1. The monoisotopic (exact) mass is 486 g/mol. The number of hydrogen-bond donors (Lipinski definition) is 0. The predicted octanol–water partition coefficient (Wildman–Crippen LogP) is 4.98. The number of carbonyl (C=O) groups is 1. The lowest BCUT2D eigenvalue weighted by atomic mass is 9.95. The van der Waals surface area contributed by atoms with Crippen LogP contribution in [0.1, 0.15) is 46.9 Å². The number of piperazine rings is 1. The summed E-state index contributed by atoms with van der Waals surface area (Å²) in [7, 11) is 0. The summed E-state index contributed by atoms with van der Waals surface area (Å²) in [5, 5.41) is 11.5. The van der Waals surface area contributed by atoms with Crippen molar-refractivity contribution in [3.8, 4) is 0 Å². The molecule has 1 atom stereocenters. The normalized spacial score (nSPS) is 15.4. The Hall–Kier alpha value is -3.55. The van der Waals surface area contributed by atoms with Crippen molar-refractivity contribution >= 4 is 11.6 Å². The number of nitro groups is 1. The van der Waals surface area contributed by atoms with Crippen LogP contribution in [0.15, 0.2) is 78.9 Å². The van der Waals surface area contributed by atoms with Gasteiger partial charge < -0.3 is 4.90 Å². The van der Waals surface area contributed by atoms with Gasteiger partial charge in [0.1, 0.15) is 0 Å². The molecule has 1 fully saturated rings. The third-order valence-electron chi connectivity index (χ3n) is 6.94. The van der Waals surface area contributed by atoms with Crippen LogP contribution >= 0.6 is 0 Å². The Labute approximate surface area is 213 Å². The third-order valence-corrected chi connectivity index (χ3v) is 6.94. The number of hydrogen-bond acceptors (Lipinski definition) is 5. The van der Waals surface area contributed by atoms with Crippen LogP contribution in [0, 0.1) is 10.1 Å². The molecule has 1 amide bonds. The van der Waals surface area contributed by atoms with Gasteiger partial charge in [-0.05, 0) is 42.7 Å². The molecule has 1 unspecified atom stereocenters. The highest BCUT2D eigenvalue weighted by atomic mass is 16.6. The molecule has 7 nitrogen and oxygen atoms in total. The molecule has 3 aromatic rings. The molecule has 1 saturated heterocycles. The first kappa shape index (κ1) is 25.5. The van der Waals surface area contributed by atoms with Gasteiger partial charge in [0, 0.05) is 63.5 Å². The van der Waals surface area contributed by atoms with E-state index in [0.29, 0.717) is 18.7 Å². The molecule has 1 aliphatic rings. The highest BCUT2D eigenvalue weighted by Crippen LogP contribution is 2.32. The minimum absolute atomic E-state index is 0.0213. The maximum atomic E-state index is 12.8. The number of non-ortho nitro benzene ring substituents is 1. The summed E-state index contributed by atoms with van der Waals surface area (Å²) in [5.41, 5.74) is 3.97. The Morgan fingerprint density at radius 2 is 1.56 bits per heavy atom. The van der Waals surface area contributed by atoms with Gasteiger partial charge in [-0.2, -0.15) is 0 Å². The predicted molar refractivity (Wildman–Crippen MR) is 142 cm³/mol. The number of amides is 1. The molecule has 36 heavy (non-hydrogen) atoms. The average molecular weight is 487 g/mol. The van der Waals surface area contributed by atoms with Crippen LogP contribution in [-0.2, 0) is 6.54 Å². The van der Waals surface area contributed by atoms with Crippen LogP contribution in [0.2, 0.25) is 0 Å². The molecule has 0 aliphatic carbocycles. The number of carbonyl (C=O) groups excluding carboxylic acids is 1. The molecule has 0 bridgehead atoms. The van der Waals surface area contributed by atoms with Gasteiger partial charge in [-0.1, -0.05) is 54.6 Å². The van der Waals surface area contributed by atoms with E-state index in [4.69, 9.17) is 0 Å². The minimum Gasteiger partial charge on any atom is -0.339 e. The van der Waals surface area contributed by atoms with Crippen molar-refractivity contribution < 1.29 is 9.72 Å². The summed E-state index contributed by atoms with van der Waals surface area (Å²) in [6.45, 7) is 9.73. The molecule has 1 heterocycles. The zero-order valence-electron chi connectivity index (χ0n) is 21.0. The lowest BCUT2D eigenvalue weighted by Crippen LogP contribution is -2.47. The number of nitrogens with zero attached hydrogens (tertiary/aromatic N) is 4. The molecule has 7 heteroatoms. The molecule has 0 radical (unpaired) electrons. The van der Waals surface area contributed by atoms with E-state index in [2.05, 4.69) is 34.1 Å². The van der Waals surface area contributed by atoms with Crippen LogP contribution in [-0.4, -0.2) is 64.8 Å². The topological polar surface area (TPSA) is 69.9 Å². The van der Waals surface area contributed by atoms with Crippen molar-refractivity contribution in [3.63, 3.8) is 0 Å². The first-order valence-corrected chi connectivity index (χ1v) is 12.6. The number of benzene rings is 3. The van der Waals surface area contributed by atoms with Crippen molar-refractivity contribution in [2.75, 3.05) is 39.3 Å². The molecule has 0 saturated carbocycles. The van der Waals surface area contributed by atoms with Gasteiger partial charge in [0.2, 0.25) is 0 Å². The van der Waals surface area contributed by atoms with Crippen molar-refractivity contribution in [1.29, 1.82) is 0 Å². The Morgan fingerprint density at radius 3 is 2.17 bits per heavy atom. The van der Waals surface area contributed by atoms with Crippen LogP contribution in [0.25, 0.3) is 0 Å². The maximum absolute atomic E-state index is 12.8. The van der Waals surface area contributed by atoms with Gasteiger partial charge >= 0.3 is 0 Å². The third kappa shape index (κ3) is 5.98. The molecule has 0 spiro atoms. The van der Waals surface area contributed by atoms with Crippen LogP contribution in [0.5, 0.6) is 0 Å². The van der Waals surface area contributed by atoms with Crippen LogP contribution in [0.4, 0.5) is 5.69 Å². The molecule has 188 valence electrons. The highest BCUT2D eigenvalue weighted by Gasteiger charge is 2.28. The fourth-order valence-electron chi connectivity index (χ4n) is 4.95. The van der Waals surface area contributed by atoms with Crippen LogP contribution < -0.4 is 0 Å². The van der Waals surface area contributed by atoms with Gasteiger partial charge in [-0.15, -0.1) is 0 Å². The van der Waals surface area contributed by atoms with Crippen molar-refractivity contribution in [2.24, 2.45) is 0 Å². The zero-order chi connectivity index (χ0) is 25.5. The molecule has 1 aliphatic heterocycles. The lowest BCUT2D eigenvalue weighted by molar-refractivity contribution is -0.384. The molecule has 4 rings (SSSR count). The van der Waals surface area contributed by atoms with E-state index in [1.807, 2.05) is 50.2 Å². The SMILES string of the molecule is CCN(CC)C(=O)c1ccc(C(c2cccc([N+](=O)[O-])c2)N2CCN(Cc3ccccc3)CC2)cc1. The summed E-state index contributed by atoms with van der Waals surface area (Å²) in [6.07, 6.45) is 0. The van der Waals surface area contributed by atoms with E-state index >= 15 is 0 Å². The quantitative estimate of drug-likeness (QED) is 0.315. The fraction of sp³-hybridized carbons (Fsp3) is 0.345. The lowest BCUT2D eigenvalue weighted by Gasteiger charge is -2.39. The summed E-state index contributed by atoms with van der Waals surface area (Å²) in [5.74, 6) is 0.0213. The molecule has 3 aromatic carbocycles. The highest BCUT2D eigenvalue weighted by molar-refractivity contribution is 5.94. The molecule has 0 aromatic heterocycles. The first-order chi connectivity index (χ1) is 17.5. The van der Waals surface area contributed by atoms with Crippen molar-refractivity contribution in [1.82, 2.24) is 14.7 Å². The van der Waals surface area contributed by atoms with Crippen LogP contribution in [0.3, 0.4) is 0 Å². The second-order valence-electron chi connectivity index (χ2n) is 9.15. The van der Waals surface area contributed by atoms with E-state index in [-0.39, 0.29) is 22.6 Å². The van der Waals surface area contributed by atoms with Gasteiger partial charge in [0.15, 0.2) is 0 Å². The Kier molecular flexibility index (Phi) is 8.46. The van der Waals surface area contributed by atoms with E-state index in [1.54, 1.807) is 17.0 Å². The summed E-state index contributed by atoms with van der Waals surface area (Å²) >= 11 is 0. The van der Waals surface area contributed by atoms with Gasteiger partial charge in [0.25, 0.3) is 11.6 Å². The van der Waals surface area contributed by atoms with Gasteiger partial charge in [-0.25, -0.2) is 0 Å². The van der Waals surface area contributed by atoms with Crippen molar-refractivity contribution in [3.05, 3.63) is 111 Å². The summed E-state index contributed by atoms with van der Waals surface area (Å²) in [4.78, 5) is 30.6. The Bertz CT molecular complexity index is 1150. The van der Waals surface area contributed by atoms with E-state index in [0.717, 1.165) is 43.9 Å². The minimum atomic E-state index is -0.343. The number of rotatable bonds is 9. The smallest absolute Gasteiger partial charge is 0.269 e. The fourth-order valence-corrected chi connectivity index (χ4v) is 4.95. The largest absolute Gasteiger partial charge is 0.339 e. The zero-order valence-corrected chi connectivity index (χ0v) is 21.0. The summed E-state index contributed by atoms with van der Waals surface area (Å²) < 4.78 is 0. The molecular weight excluding hydrogens is 452 g/mol. The second kappa shape index (κ2) is 11.9. The second-order valence-corrected chi connectivity index (χ2v) is 9.15. The van der Waals surface area contributed by atoms with Crippen molar-refractivity contribution in [2.45, 2.75) is 26.4 Å². The van der Waals surface area contributed by atoms with E-state index in [1.165, 1.54) is 11.6 Å². The maximum Gasteiger partial charge on any atom is 0.269 e. The van der Waals surface area contributed by atoms with Gasteiger partial charge in [0.05, 0.1) is 11.0 Å².